The zero-order valence-corrected chi connectivity index (χ0v) is 19.5. The lowest BCUT2D eigenvalue weighted by Gasteiger charge is -2.32. The van der Waals surface area contributed by atoms with Crippen LogP contribution in [0.2, 0.25) is 0 Å². The molecule has 33 heavy (non-hydrogen) atoms. The minimum Gasteiger partial charge on any atom is -0.480 e. The van der Waals surface area contributed by atoms with Gasteiger partial charge in [-0.05, 0) is 55.9 Å². The molecule has 1 saturated heterocycles. The highest BCUT2D eigenvalue weighted by molar-refractivity contribution is 6.00. The topological polar surface area (TPSA) is 118 Å². The number of likely N-dealkylation sites (tertiary alicyclic amines) is 1. The average Bonchev–Trinajstić information content (AvgIpc) is 3.04. The van der Waals surface area contributed by atoms with Crippen molar-refractivity contribution in [1.82, 2.24) is 9.47 Å². The molecule has 1 aliphatic heterocycles. The monoisotopic (exact) mass is 452 g/mol. The van der Waals surface area contributed by atoms with Crippen LogP contribution >= 0.6 is 0 Å². The van der Waals surface area contributed by atoms with Gasteiger partial charge < -0.3 is 20.7 Å². The van der Waals surface area contributed by atoms with Gasteiger partial charge in [0.25, 0.3) is 5.91 Å². The molecule has 8 nitrogen and oxygen atoms in total. The molecule has 176 valence electrons. The number of carbonyl (C=O) groups excluding carboxylic acids is 2. The lowest BCUT2D eigenvalue weighted by Crippen LogP contribution is -2.41. The van der Waals surface area contributed by atoms with Crippen molar-refractivity contribution in [3.8, 4) is 5.69 Å². The van der Waals surface area contributed by atoms with Crippen LogP contribution in [-0.2, 0) is 11.2 Å². The maximum atomic E-state index is 12.7. The quantitative estimate of drug-likeness (QED) is 0.620. The number of fused-ring (bicyclic) bond motifs is 1. The Morgan fingerprint density at radius 1 is 1.18 bits per heavy atom. The zero-order valence-electron chi connectivity index (χ0n) is 19.5. The van der Waals surface area contributed by atoms with Gasteiger partial charge in [0.2, 0.25) is 0 Å². The number of nitrogens with one attached hydrogen (secondary N) is 1. The summed E-state index contributed by atoms with van der Waals surface area (Å²) in [6, 6.07) is 7.62. The summed E-state index contributed by atoms with van der Waals surface area (Å²) in [5.74, 6) is -1.16. The number of amides is 1. The van der Waals surface area contributed by atoms with E-state index in [0.29, 0.717) is 30.8 Å². The number of aliphatic carboxylic acids is 1. The molecule has 2 heterocycles. The Morgan fingerprint density at radius 3 is 2.52 bits per heavy atom. The van der Waals surface area contributed by atoms with Crippen LogP contribution in [0.25, 0.3) is 5.69 Å². The molecule has 0 radical (unpaired) electrons. The largest absolute Gasteiger partial charge is 0.480 e. The van der Waals surface area contributed by atoms with E-state index in [0.717, 1.165) is 41.9 Å². The van der Waals surface area contributed by atoms with Crippen LogP contribution in [0.4, 0.5) is 5.69 Å². The molecule has 4 rings (SSSR count). The Labute approximate surface area is 193 Å². The number of piperidine rings is 1. The van der Waals surface area contributed by atoms with Crippen molar-refractivity contribution in [2.24, 2.45) is 11.1 Å². The number of ketones is 1. The van der Waals surface area contributed by atoms with Crippen molar-refractivity contribution in [3.05, 3.63) is 46.8 Å². The molecule has 0 atom stereocenters. The first-order valence-electron chi connectivity index (χ1n) is 11.4. The molecular formula is C25H32N4O4. The number of carbonyl (C=O) groups is 3. The second kappa shape index (κ2) is 8.67. The third-order valence-corrected chi connectivity index (χ3v) is 6.71. The average molecular weight is 453 g/mol. The second-order valence-corrected chi connectivity index (χ2v) is 10.1. The Balaban J connectivity index is 1.64. The summed E-state index contributed by atoms with van der Waals surface area (Å²) in [4.78, 5) is 37.7. The lowest BCUT2D eigenvalue weighted by molar-refractivity contribution is -0.138. The maximum absolute atomic E-state index is 12.7. The van der Waals surface area contributed by atoms with Crippen LogP contribution in [-0.4, -0.2) is 57.9 Å². The van der Waals surface area contributed by atoms with Gasteiger partial charge in [0, 0.05) is 53.9 Å². The number of anilines is 1. The molecule has 1 aromatic heterocycles. The highest BCUT2D eigenvalue weighted by Crippen LogP contribution is 2.38. The van der Waals surface area contributed by atoms with Gasteiger partial charge in [-0.25, -0.2) is 0 Å². The number of nitrogens with two attached hydrogens (primary N) is 1. The highest BCUT2D eigenvalue weighted by Gasteiger charge is 2.34. The smallest absolute Gasteiger partial charge is 0.317 e. The van der Waals surface area contributed by atoms with Crippen molar-refractivity contribution < 1.29 is 19.5 Å². The van der Waals surface area contributed by atoms with Crippen LogP contribution in [0.3, 0.4) is 0 Å². The lowest BCUT2D eigenvalue weighted by atomic mass is 9.76. The number of benzene rings is 1. The van der Waals surface area contributed by atoms with Gasteiger partial charge in [-0.2, -0.15) is 0 Å². The molecule has 0 bridgehead atoms. The zero-order chi connectivity index (χ0) is 23.9. The van der Waals surface area contributed by atoms with Crippen LogP contribution in [0.15, 0.2) is 24.3 Å². The third kappa shape index (κ3) is 4.80. The van der Waals surface area contributed by atoms with E-state index in [1.54, 1.807) is 6.07 Å². The van der Waals surface area contributed by atoms with Crippen molar-refractivity contribution in [2.75, 3.05) is 25.0 Å². The van der Waals surface area contributed by atoms with Gasteiger partial charge in [0.1, 0.15) is 0 Å². The number of primary amides is 1. The van der Waals surface area contributed by atoms with Crippen molar-refractivity contribution in [2.45, 2.75) is 52.5 Å². The Bertz CT molecular complexity index is 1110. The molecular weight excluding hydrogens is 420 g/mol. The number of nitrogens with zero attached hydrogens (tertiary/aromatic N) is 2. The van der Waals surface area contributed by atoms with E-state index in [-0.39, 0.29) is 23.8 Å². The van der Waals surface area contributed by atoms with Gasteiger partial charge in [-0.1, -0.05) is 13.8 Å². The summed E-state index contributed by atoms with van der Waals surface area (Å²) in [5, 5.41) is 12.5. The van der Waals surface area contributed by atoms with E-state index in [9.17, 15) is 14.4 Å². The SMILES string of the molecule is Cc1cc2c(n1-c1ccc(C(N)=O)c(NC3CCN(CC(=O)O)CC3)c1)CC(C)(C)CC2=O. The standard InChI is InChI=1S/C25H32N4O4/c1-15-10-19-21(12-25(2,3)13-22(19)30)29(15)17-4-5-18(24(26)33)20(11-17)27-16-6-8-28(9-7-16)14-23(31)32/h4-5,10-11,16,27H,6-9,12-14H2,1-3H3,(H2,26,33)(H,31,32). The summed E-state index contributed by atoms with van der Waals surface area (Å²) in [6.07, 6.45) is 2.88. The molecule has 0 spiro atoms. The van der Waals surface area contributed by atoms with Gasteiger partial charge >= 0.3 is 5.97 Å². The molecule has 1 fully saturated rings. The fourth-order valence-corrected chi connectivity index (χ4v) is 5.16. The van der Waals surface area contributed by atoms with E-state index >= 15 is 0 Å². The van der Waals surface area contributed by atoms with Crippen LogP contribution in [0.5, 0.6) is 0 Å². The minimum absolute atomic E-state index is 0.0435. The number of carboxylic acid groups (broad SMARTS) is 1. The number of hydrogen-bond acceptors (Lipinski definition) is 5. The summed E-state index contributed by atoms with van der Waals surface area (Å²) < 4.78 is 2.11. The number of hydrogen-bond donors (Lipinski definition) is 3. The fraction of sp³-hybridized carbons (Fsp3) is 0.480. The second-order valence-electron chi connectivity index (χ2n) is 10.1. The molecule has 4 N–H and O–H groups in total. The molecule has 8 heteroatoms. The highest BCUT2D eigenvalue weighted by atomic mass is 16.4. The van der Waals surface area contributed by atoms with E-state index in [2.05, 4.69) is 23.7 Å². The Kier molecular flexibility index (Phi) is 6.05. The summed E-state index contributed by atoms with van der Waals surface area (Å²) in [6.45, 7) is 7.61. The Morgan fingerprint density at radius 2 is 1.88 bits per heavy atom. The van der Waals surface area contributed by atoms with E-state index in [4.69, 9.17) is 10.8 Å². The van der Waals surface area contributed by atoms with E-state index < -0.39 is 11.9 Å². The molecule has 1 aliphatic carbocycles. The first-order valence-corrected chi connectivity index (χ1v) is 11.4. The van der Waals surface area contributed by atoms with Gasteiger partial charge in [0.05, 0.1) is 12.1 Å². The summed E-state index contributed by atoms with van der Waals surface area (Å²) in [5.41, 5.74) is 10.3. The van der Waals surface area contributed by atoms with Crippen LogP contribution in [0, 0.1) is 12.3 Å². The Hall–Kier alpha value is -3.13. The predicted octanol–water partition coefficient (Wildman–Crippen LogP) is 3.00. The minimum atomic E-state index is -0.822. The number of aromatic nitrogens is 1. The molecule has 0 saturated carbocycles. The molecule has 2 aromatic rings. The summed E-state index contributed by atoms with van der Waals surface area (Å²) >= 11 is 0. The normalized spacial score (nSPS) is 18.7. The van der Waals surface area contributed by atoms with Crippen molar-refractivity contribution >= 4 is 23.3 Å². The van der Waals surface area contributed by atoms with Crippen LogP contribution < -0.4 is 11.1 Å². The van der Waals surface area contributed by atoms with Crippen molar-refractivity contribution in [1.29, 1.82) is 0 Å². The van der Waals surface area contributed by atoms with E-state index in [1.807, 2.05) is 30.0 Å². The molecule has 1 aromatic carbocycles. The predicted molar refractivity (Wildman–Crippen MR) is 126 cm³/mol. The maximum Gasteiger partial charge on any atom is 0.317 e. The number of Topliss-reactive ketones (excluding diaryl/α,β-unsaturated/α-hetero) is 1. The van der Waals surface area contributed by atoms with Gasteiger partial charge in [-0.15, -0.1) is 0 Å². The molecule has 1 amide bonds. The number of rotatable bonds is 6. The summed E-state index contributed by atoms with van der Waals surface area (Å²) in [7, 11) is 0. The fourth-order valence-electron chi connectivity index (χ4n) is 5.16. The third-order valence-electron chi connectivity index (χ3n) is 6.71. The van der Waals surface area contributed by atoms with Crippen LogP contribution in [0.1, 0.15) is 65.2 Å². The first kappa shape index (κ1) is 23.0. The molecule has 0 unspecified atom stereocenters. The number of carboxylic acids is 1. The van der Waals surface area contributed by atoms with Gasteiger partial charge in [0.15, 0.2) is 5.78 Å². The molecule has 2 aliphatic rings. The van der Waals surface area contributed by atoms with E-state index in [1.165, 1.54) is 0 Å². The number of aryl methyl sites for hydroxylation is 1. The van der Waals surface area contributed by atoms with Crippen molar-refractivity contribution in [3.63, 3.8) is 0 Å². The first-order chi connectivity index (χ1) is 15.5. The van der Waals surface area contributed by atoms with Gasteiger partial charge in [-0.3, -0.25) is 19.3 Å².